The van der Waals surface area contributed by atoms with Crippen molar-refractivity contribution < 1.29 is 0 Å². The van der Waals surface area contributed by atoms with Gasteiger partial charge in [0.1, 0.15) is 5.82 Å². The molecule has 1 fully saturated rings. The fourth-order valence-corrected chi connectivity index (χ4v) is 2.83. The monoisotopic (exact) mass is 229 g/mol. The first-order valence-electron chi connectivity index (χ1n) is 6.40. The minimum absolute atomic E-state index is 0.717. The third-order valence-electron chi connectivity index (χ3n) is 4.20. The normalized spacial score (nSPS) is 23.9. The van der Waals surface area contributed by atoms with Crippen LogP contribution in [0.1, 0.15) is 18.7 Å². The largest absolute Gasteiger partial charge is 0.331 e. The Kier molecular flexibility index (Phi) is 2.63. The molecule has 17 heavy (non-hydrogen) atoms. The predicted octanol–water partition coefficient (Wildman–Crippen LogP) is 2.10. The molecule has 1 aromatic heterocycles. The van der Waals surface area contributed by atoms with Crippen LogP contribution in [0.2, 0.25) is 0 Å². The first kappa shape index (κ1) is 10.8. The summed E-state index contributed by atoms with van der Waals surface area (Å²) in [5.41, 5.74) is 8.10. The van der Waals surface area contributed by atoms with Crippen LogP contribution in [0.3, 0.4) is 0 Å². The summed E-state index contributed by atoms with van der Waals surface area (Å²) in [7, 11) is 2.11. The van der Waals surface area contributed by atoms with Gasteiger partial charge in [-0.1, -0.05) is 12.1 Å². The van der Waals surface area contributed by atoms with Crippen molar-refractivity contribution in [2.45, 2.75) is 19.3 Å². The summed E-state index contributed by atoms with van der Waals surface area (Å²) in [6.45, 7) is 0.828. The first-order chi connectivity index (χ1) is 8.29. The number of benzene rings is 1. The number of fused-ring (bicyclic) bond motifs is 1. The van der Waals surface area contributed by atoms with Gasteiger partial charge in [-0.05, 0) is 43.4 Å². The molecule has 0 radical (unpaired) electrons. The van der Waals surface area contributed by atoms with Crippen molar-refractivity contribution in [1.82, 2.24) is 9.55 Å². The zero-order valence-corrected chi connectivity index (χ0v) is 10.3. The summed E-state index contributed by atoms with van der Waals surface area (Å²) in [6, 6.07) is 8.33. The Balaban J connectivity index is 1.88. The molecule has 3 rings (SSSR count). The van der Waals surface area contributed by atoms with Gasteiger partial charge in [0.25, 0.3) is 0 Å². The molecule has 0 amide bonds. The fourth-order valence-electron chi connectivity index (χ4n) is 2.83. The summed E-state index contributed by atoms with van der Waals surface area (Å²) in [5, 5.41) is 0. The summed E-state index contributed by atoms with van der Waals surface area (Å²) < 4.78 is 2.22. The Bertz CT molecular complexity index is 527. The van der Waals surface area contributed by atoms with E-state index in [1.54, 1.807) is 0 Å². The van der Waals surface area contributed by atoms with Crippen LogP contribution in [0.4, 0.5) is 0 Å². The molecule has 1 heterocycles. The lowest BCUT2D eigenvalue weighted by atomic mass is 9.72. The molecule has 2 unspecified atom stereocenters. The molecule has 1 aliphatic carbocycles. The number of nitrogens with two attached hydrogens (primary N) is 1. The van der Waals surface area contributed by atoms with Crippen LogP contribution in [-0.2, 0) is 13.5 Å². The average Bonchev–Trinajstić information content (AvgIpc) is 2.63. The highest BCUT2D eigenvalue weighted by Gasteiger charge is 2.30. The molecule has 2 N–H and O–H groups in total. The molecule has 0 spiro atoms. The fraction of sp³-hybridized carbons (Fsp3) is 0.500. The number of hydrogen-bond acceptors (Lipinski definition) is 2. The van der Waals surface area contributed by atoms with E-state index in [0.717, 1.165) is 30.3 Å². The summed E-state index contributed by atoms with van der Waals surface area (Å²) in [5.74, 6) is 2.67. The van der Waals surface area contributed by atoms with Crippen molar-refractivity contribution in [3.05, 3.63) is 30.1 Å². The number of imidazole rings is 1. The number of hydrogen-bond donors (Lipinski definition) is 1. The van der Waals surface area contributed by atoms with E-state index in [1.807, 2.05) is 6.07 Å². The Labute approximate surface area is 102 Å². The average molecular weight is 229 g/mol. The lowest BCUT2D eigenvalue weighted by Gasteiger charge is -2.35. The van der Waals surface area contributed by atoms with Crippen molar-refractivity contribution >= 4 is 11.0 Å². The standard InChI is InChI=1S/C14H19N3/c1-17-13-5-3-2-4-12(13)16-14(17)8-10-6-7-11(10)9-15/h2-5,10-11H,6-9,15H2,1H3. The van der Waals surface area contributed by atoms with E-state index in [-0.39, 0.29) is 0 Å². The molecule has 3 nitrogen and oxygen atoms in total. The van der Waals surface area contributed by atoms with Crippen LogP contribution < -0.4 is 5.73 Å². The molecule has 0 aliphatic heterocycles. The van der Waals surface area contributed by atoms with Gasteiger partial charge >= 0.3 is 0 Å². The Morgan fingerprint density at radius 2 is 2.06 bits per heavy atom. The molecule has 3 heteroatoms. The zero-order valence-electron chi connectivity index (χ0n) is 10.3. The first-order valence-corrected chi connectivity index (χ1v) is 6.40. The maximum absolute atomic E-state index is 5.76. The van der Waals surface area contributed by atoms with E-state index in [2.05, 4.69) is 29.8 Å². The minimum Gasteiger partial charge on any atom is -0.331 e. The van der Waals surface area contributed by atoms with Gasteiger partial charge < -0.3 is 10.3 Å². The van der Waals surface area contributed by atoms with Gasteiger partial charge in [-0.15, -0.1) is 0 Å². The van der Waals surface area contributed by atoms with E-state index in [0.29, 0.717) is 0 Å². The highest BCUT2D eigenvalue weighted by molar-refractivity contribution is 5.75. The molecule has 0 saturated heterocycles. The van der Waals surface area contributed by atoms with Crippen molar-refractivity contribution in [1.29, 1.82) is 0 Å². The summed E-state index contributed by atoms with van der Waals surface area (Å²) >= 11 is 0. The number of rotatable bonds is 3. The highest BCUT2D eigenvalue weighted by atomic mass is 15.1. The van der Waals surface area contributed by atoms with Crippen LogP contribution in [0.25, 0.3) is 11.0 Å². The Morgan fingerprint density at radius 1 is 1.29 bits per heavy atom. The van der Waals surface area contributed by atoms with Gasteiger partial charge in [-0.2, -0.15) is 0 Å². The predicted molar refractivity (Wildman–Crippen MR) is 69.7 cm³/mol. The maximum atomic E-state index is 5.76. The van der Waals surface area contributed by atoms with Crippen LogP contribution in [0.15, 0.2) is 24.3 Å². The highest BCUT2D eigenvalue weighted by Crippen LogP contribution is 2.36. The molecule has 1 aliphatic rings. The quantitative estimate of drug-likeness (QED) is 0.876. The summed E-state index contributed by atoms with van der Waals surface area (Å²) in [6.07, 6.45) is 3.68. The molecule has 90 valence electrons. The van der Waals surface area contributed by atoms with Crippen molar-refractivity contribution in [2.75, 3.05) is 6.54 Å². The maximum Gasteiger partial charge on any atom is 0.109 e. The van der Waals surface area contributed by atoms with Gasteiger partial charge in [-0.3, -0.25) is 0 Å². The zero-order chi connectivity index (χ0) is 11.8. The molecule has 2 atom stereocenters. The van der Waals surface area contributed by atoms with E-state index in [9.17, 15) is 0 Å². The van der Waals surface area contributed by atoms with Crippen LogP contribution >= 0.6 is 0 Å². The third kappa shape index (κ3) is 1.75. The van der Waals surface area contributed by atoms with Crippen molar-refractivity contribution in [3.63, 3.8) is 0 Å². The molecule has 1 saturated carbocycles. The van der Waals surface area contributed by atoms with Gasteiger partial charge in [-0.25, -0.2) is 4.98 Å². The second kappa shape index (κ2) is 4.15. The van der Waals surface area contributed by atoms with E-state index < -0.39 is 0 Å². The van der Waals surface area contributed by atoms with Crippen LogP contribution in [0.5, 0.6) is 0 Å². The number of aryl methyl sites for hydroxylation is 1. The van der Waals surface area contributed by atoms with Gasteiger partial charge in [0.05, 0.1) is 11.0 Å². The molecule has 2 aromatic rings. The number of nitrogens with zero attached hydrogens (tertiary/aromatic N) is 2. The second-order valence-electron chi connectivity index (χ2n) is 5.11. The molecule has 0 bridgehead atoms. The molecule has 1 aromatic carbocycles. The number of aromatic nitrogens is 2. The molecular weight excluding hydrogens is 210 g/mol. The number of para-hydroxylation sites is 2. The van der Waals surface area contributed by atoms with E-state index in [4.69, 9.17) is 10.7 Å². The topological polar surface area (TPSA) is 43.8 Å². The van der Waals surface area contributed by atoms with Gasteiger partial charge in [0.15, 0.2) is 0 Å². The summed E-state index contributed by atoms with van der Waals surface area (Å²) in [4.78, 5) is 4.72. The second-order valence-corrected chi connectivity index (χ2v) is 5.11. The van der Waals surface area contributed by atoms with Crippen LogP contribution in [-0.4, -0.2) is 16.1 Å². The van der Waals surface area contributed by atoms with Crippen molar-refractivity contribution in [3.8, 4) is 0 Å². The lowest BCUT2D eigenvalue weighted by molar-refractivity contribution is 0.179. The molecular formula is C14H19N3. The SMILES string of the molecule is Cn1c(CC2CCC2CN)nc2ccccc21. The van der Waals surface area contributed by atoms with Gasteiger partial charge in [0.2, 0.25) is 0 Å². The third-order valence-corrected chi connectivity index (χ3v) is 4.20. The van der Waals surface area contributed by atoms with E-state index in [1.165, 1.54) is 24.2 Å². The smallest absolute Gasteiger partial charge is 0.109 e. The van der Waals surface area contributed by atoms with Crippen LogP contribution in [0, 0.1) is 11.8 Å². The Morgan fingerprint density at radius 3 is 2.71 bits per heavy atom. The lowest BCUT2D eigenvalue weighted by Crippen LogP contribution is -2.34. The van der Waals surface area contributed by atoms with E-state index >= 15 is 0 Å². The van der Waals surface area contributed by atoms with Gasteiger partial charge in [0, 0.05) is 13.5 Å². The van der Waals surface area contributed by atoms with Crippen molar-refractivity contribution in [2.24, 2.45) is 24.6 Å². The Hall–Kier alpha value is -1.35. The minimum atomic E-state index is 0.717.